The topological polar surface area (TPSA) is 78.9 Å². The Hall–Kier alpha value is -2.89. The van der Waals surface area contributed by atoms with Crippen LogP contribution >= 0.6 is 0 Å². The van der Waals surface area contributed by atoms with Crippen LogP contribution in [0.15, 0.2) is 60.8 Å². The highest BCUT2D eigenvalue weighted by molar-refractivity contribution is 5.71. The van der Waals surface area contributed by atoms with Crippen LogP contribution in [0.3, 0.4) is 0 Å². The summed E-state index contributed by atoms with van der Waals surface area (Å²) in [6, 6.07) is 0. The fourth-order valence-corrected chi connectivity index (χ4v) is 10.5. The number of unbranched alkanes of at least 4 members (excludes halogenated alkanes) is 44. The summed E-state index contributed by atoms with van der Waals surface area (Å²) in [5, 5.41) is 0. The summed E-state index contributed by atoms with van der Waals surface area (Å²) in [5.74, 6) is -0.858. The van der Waals surface area contributed by atoms with Gasteiger partial charge in [0.25, 0.3) is 0 Å². The molecule has 0 aliphatic carbocycles. The van der Waals surface area contributed by atoms with Gasteiger partial charge in [0.15, 0.2) is 6.10 Å². The van der Waals surface area contributed by atoms with Crippen molar-refractivity contribution in [2.45, 2.75) is 380 Å². The van der Waals surface area contributed by atoms with E-state index >= 15 is 0 Å². The van der Waals surface area contributed by atoms with Crippen LogP contribution in [0.5, 0.6) is 0 Å². The summed E-state index contributed by atoms with van der Waals surface area (Å²) in [6.07, 6.45) is 88.4. The molecule has 6 nitrogen and oxygen atoms in total. The molecule has 0 radical (unpaired) electrons. The zero-order chi connectivity index (χ0) is 57.8. The molecule has 0 aromatic carbocycles. The molecule has 1 unspecified atom stereocenters. The van der Waals surface area contributed by atoms with E-state index in [9.17, 15) is 14.4 Å². The van der Waals surface area contributed by atoms with Crippen LogP contribution in [-0.4, -0.2) is 37.2 Å². The molecule has 0 aliphatic heterocycles. The zero-order valence-electron chi connectivity index (χ0n) is 53.6. The van der Waals surface area contributed by atoms with Crippen molar-refractivity contribution in [1.82, 2.24) is 0 Å². The highest BCUT2D eigenvalue weighted by Gasteiger charge is 2.19. The van der Waals surface area contributed by atoms with E-state index in [-0.39, 0.29) is 31.1 Å². The maximum Gasteiger partial charge on any atom is 0.306 e. The minimum Gasteiger partial charge on any atom is -0.462 e. The number of esters is 3. The van der Waals surface area contributed by atoms with Gasteiger partial charge >= 0.3 is 17.9 Å². The lowest BCUT2D eigenvalue weighted by Gasteiger charge is -2.18. The fraction of sp³-hybridized carbons (Fsp3) is 0.824. The first-order valence-electron chi connectivity index (χ1n) is 35.3. The van der Waals surface area contributed by atoms with E-state index in [1.54, 1.807) is 0 Å². The molecule has 80 heavy (non-hydrogen) atoms. The molecule has 0 saturated carbocycles. The Morgan fingerprint density at radius 3 is 0.825 bits per heavy atom. The van der Waals surface area contributed by atoms with Crippen LogP contribution in [-0.2, 0) is 28.6 Å². The molecule has 0 aliphatic rings. The average molecular weight is 1120 g/mol. The van der Waals surface area contributed by atoms with Crippen LogP contribution in [0, 0.1) is 0 Å². The second kappa shape index (κ2) is 68.6. The molecule has 0 heterocycles. The van der Waals surface area contributed by atoms with Crippen molar-refractivity contribution in [2.24, 2.45) is 0 Å². The van der Waals surface area contributed by atoms with Gasteiger partial charge in [-0.05, 0) is 77.0 Å². The largest absolute Gasteiger partial charge is 0.462 e. The number of carbonyl (C=O) groups excluding carboxylic acids is 3. The predicted molar refractivity (Wildman–Crippen MR) is 348 cm³/mol. The van der Waals surface area contributed by atoms with Gasteiger partial charge in [-0.2, -0.15) is 0 Å². The third-order valence-corrected chi connectivity index (χ3v) is 15.7. The molecule has 0 rings (SSSR count). The molecule has 0 saturated heterocycles. The van der Waals surface area contributed by atoms with Crippen molar-refractivity contribution >= 4 is 17.9 Å². The minimum atomic E-state index is -0.775. The van der Waals surface area contributed by atoms with Gasteiger partial charge in [0.05, 0.1) is 0 Å². The molecule has 6 heteroatoms. The first-order valence-corrected chi connectivity index (χ1v) is 35.3. The van der Waals surface area contributed by atoms with E-state index in [0.717, 1.165) is 96.3 Å². The zero-order valence-corrected chi connectivity index (χ0v) is 53.6. The van der Waals surface area contributed by atoms with E-state index in [1.807, 2.05) is 0 Å². The SMILES string of the molecule is CC/C=C\C/C=C\C/C=C\C/C=C\CCCCCCCCCCCCCCCCCCC(=O)OCC(COC(=O)CCCCCCC/C=C\CCC)OC(=O)CCCCCCCCCCCCCCCCCCCCCCCCC. The van der Waals surface area contributed by atoms with Gasteiger partial charge in [-0.1, -0.05) is 338 Å². The standard InChI is InChI=1S/C74H134O6/c1-4-7-10-13-16-19-22-24-26-28-30-32-34-35-36-37-38-39-41-42-44-46-48-50-52-55-58-61-64-67-73(76)79-70-71(69-78-72(75)66-63-60-57-54-21-18-15-12-9-6-3)80-74(77)68-65-62-59-56-53-51-49-47-45-43-40-33-31-29-27-25-23-20-17-14-11-8-5-2/h7,10,12,15-16,19,24,26,30,32,71H,4-6,8-9,11,13-14,17-18,20-23,25,27-29,31,33-70H2,1-3H3/b10-7-,15-12-,19-16-,26-24-,32-30-. The van der Waals surface area contributed by atoms with Crippen molar-refractivity contribution in [3.05, 3.63) is 60.8 Å². The van der Waals surface area contributed by atoms with Crippen molar-refractivity contribution in [2.75, 3.05) is 13.2 Å². The maximum absolute atomic E-state index is 12.9. The molecule has 466 valence electrons. The molecular formula is C74H134O6. The molecule has 0 aromatic heterocycles. The molecule has 0 bridgehead atoms. The van der Waals surface area contributed by atoms with Crippen LogP contribution in [0.1, 0.15) is 374 Å². The smallest absolute Gasteiger partial charge is 0.306 e. The Labute approximate surface area is 498 Å². The highest BCUT2D eigenvalue weighted by Crippen LogP contribution is 2.18. The Balaban J connectivity index is 4.13. The van der Waals surface area contributed by atoms with Crippen LogP contribution in [0.25, 0.3) is 0 Å². The monoisotopic (exact) mass is 1120 g/mol. The van der Waals surface area contributed by atoms with Gasteiger partial charge in [-0.25, -0.2) is 0 Å². The first-order chi connectivity index (χ1) is 39.5. The molecule has 0 spiro atoms. The lowest BCUT2D eigenvalue weighted by Crippen LogP contribution is -2.30. The van der Waals surface area contributed by atoms with Crippen molar-refractivity contribution in [1.29, 1.82) is 0 Å². The van der Waals surface area contributed by atoms with Crippen LogP contribution in [0.2, 0.25) is 0 Å². The summed E-state index contributed by atoms with van der Waals surface area (Å²) in [6.45, 7) is 6.52. The summed E-state index contributed by atoms with van der Waals surface area (Å²) >= 11 is 0. The van der Waals surface area contributed by atoms with E-state index in [0.29, 0.717) is 19.3 Å². The third-order valence-electron chi connectivity index (χ3n) is 15.7. The van der Waals surface area contributed by atoms with Gasteiger partial charge < -0.3 is 14.2 Å². The van der Waals surface area contributed by atoms with E-state index in [2.05, 4.69) is 81.5 Å². The Bertz CT molecular complexity index is 1430. The van der Waals surface area contributed by atoms with Crippen molar-refractivity contribution < 1.29 is 28.6 Å². The molecule has 0 fully saturated rings. The Morgan fingerprint density at radius 2 is 0.512 bits per heavy atom. The summed E-state index contributed by atoms with van der Waals surface area (Å²) in [4.78, 5) is 38.3. The van der Waals surface area contributed by atoms with Gasteiger partial charge in [0.2, 0.25) is 0 Å². The number of rotatable bonds is 65. The third kappa shape index (κ3) is 65.9. The molecule has 1 atom stereocenters. The lowest BCUT2D eigenvalue weighted by molar-refractivity contribution is -0.167. The number of hydrogen-bond acceptors (Lipinski definition) is 6. The Morgan fingerprint density at radius 1 is 0.263 bits per heavy atom. The second-order valence-corrected chi connectivity index (χ2v) is 23.8. The average Bonchev–Trinajstić information content (AvgIpc) is 3.46. The van der Waals surface area contributed by atoms with Crippen molar-refractivity contribution in [3.8, 4) is 0 Å². The van der Waals surface area contributed by atoms with Crippen LogP contribution < -0.4 is 0 Å². The number of carbonyl (C=O) groups is 3. The molecular weight excluding hydrogens is 985 g/mol. The van der Waals surface area contributed by atoms with Gasteiger partial charge in [0, 0.05) is 19.3 Å². The predicted octanol–water partition coefficient (Wildman–Crippen LogP) is 24.3. The summed E-state index contributed by atoms with van der Waals surface area (Å²) < 4.78 is 16.9. The highest BCUT2D eigenvalue weighted by atomic mass is 16.6. The van der Waals surface area contributed by atoms with Gasteiger partial charge in [-0.3, -0.25) is 14.4 Å². The van der Waals surface area contributed by atoms with E-state index in [1.165, 1.54) is 238 Å². The first kappa shape index (κ1) is 77.1. The normalized spacial score (nSPS) is 12.4. The molecule has 0 amide bonds. The lowest BCUT2D eigenvalue weighted by atomic mass is 10.0. The van der Waals surface area contributed by atoms with Gasteiger partial charge in [-0.15, -0.1) is 0 Å². The maximum atomic E-state index is 12.9. The number of hydrogen-bond donors (Lipinski definition) is 0. The fourth-order valence-electron chi connectivity index (χ4n) is 10.5. The number of allylic oxidation sites excluding steroid dienone is 10. The second-order valence-electron chi connectivity index (χ2n) is 23.8. The van der Waals surface area contributed by atoms with Crippen LogP contribution in [0.4, 0.5) is 0 Å². The summed E-state index contributed by atoms with van der Waals surface area (Å²) in [5.41, 5.74) is 0. The Kier molecular flexibility index (Phi) is 66.1. The van der Waals surface area contributed by atoms with E-state index in [4.69, 9.17) is 14.2 Å². The minimum absolute atomic E-state index is 0.0717. The number of ether oxygens (including phenoxy) is 3. The van der Waals surface area contributed by atoms with Crippen molar-refractivity contribution in [3.63, 3.8) is 0 Å². The summed E-state index contributed by atoms with van der Waals surface area (Å²) in [7, 11) is 0. The molecule has 0 N–H and O–H groups in total. The quantitative estimate of drug-likeness (QED) is 0.0261. The molecule has 0 aromatic rings. The van der Waals surface area contributed by atoms with Gasteiger partial charge in [0.1, 0.15) is 13.2 Å². The van der Waals surface area contributed by atoms with E-state index < -0.39 is 6.10 Å².